The molecule has 2 heterocycles. The van der Waals surface area contributed by atoms with E-state index in [0.717, 1.165) is 9.35 Å². The molecule has 6 heteroatoms. The summed E-state index contributed by atoms with van der Waals surface area (Å²) < 4.78 is 1.70. The largest absolute Gasteiger partial charge is 0.493 e. The molecule has 0 atom stereocenters. The predicted octanol–water partition coefficient (Wildman–Crippen LogP) is 0.423. The summed E-state index contributed by atoms with van der Waals surface area (Å²) in [6.07, 6.45) is 0. The van der Waals surface area contributed by atoms with E-state index < -0.39 is 0 Å². The van der Waals surface area contributed by atoms with Crippen molar-refractivity contribution < 1.29 is 20.4 Å². The van der Waals surface area contributed by atoms with E-state index in [-0.39, 0.29) is 23.5 Å². The minimum absolute atomic E-state index is 0.302. The lowest BCUT2D eigenvalue weighted by Crippen LogP contribution is -2.06. The molecule has 0 aromatic carbocycles. The molecule has 2 aromatic rings. The van der Waals surface area contributed by atoms with Crippen molar-refractivity contribution in [2.75, 3.05) is 0 Å². The third-order valence-electron chi connectivity index (χ3n) is 1.83. The normalized spacial score (nSPS) is 10.6. The smallest absolute Gasteiger partial charge is 0.214 e. The van der Waals surface area contributed by atoms with Crippen molar-refractivity contribution in [3.05, 3.63) is 24.3 Å². The van der Waals surface area contributed by atoms with Gasteiger partial charge in [0.2, 0.25) is 23.5 Å². The highest BCUT2D eigenvalue weighted by Gasteiger charge is 2.14. The van der Waals surface area contributed by atoms with Gasteiger partial charge in [-0.2, -0.15) is 9.35 Å². The Balaban J connectivity index is 2.71. The van der Waals surface area contributed by atoms with Crippen molar-refractivity contribution in [2.45, 2.75) is 0 Å². The van der Waals surface area contributed by atoms with Gasteiger partial charge in [-0.25, -0.2) is 0 Å². The van der Waals surface area contributed by atoms with Gasteiger partial charge in [0.25, 0.3) is 0 Å². The Kier molecular flexibility index (Phi) is 1.57. The Morgan fingerprint density at radius 3 is 1.00 bits per heavy atom. The Labute approximate surface area is 78.5 Å². The summed E-state index contributed by atoms with van der Waals surface area (Å²) in [5, 5.41) is 37.2. The monoisotopic (exact) mass is 196 g/mol. The first-order valence-electron chi connectivity index (χ1n) is 3.81. The summed E-state index contributed by atoms with van der Waals surface area (Å²) in [6.45, 7) is 0. The second-order valence-corrected chi connectivity index (χ2v) is 2.72. The van der Waals surface area contributed by atoms with Crippen molar-refractivity contribution in [2.24, 2.45) is 0 Å². The summed E-state index contributed by atoms with van der Waals surface area (Å²) in [4.78, 5) is 0. The highest BCUT2D eigenvalue weighted by molar-refractivity contribution is 5.31. The second kappa shape index (κ2) is 2.63. The average molecular weight is 196 g/mol. The summed E-state index contributed by atoms with van der Waals surface area (Å²) in [6, 6.07) is 4.92. The van der Waals surface area contributed by atoms with Crippen LogP contribution in [0.4, 0.5) is 0 Å². The SMILES string of the molecule is Oc1ccc(O)n1-n1c(O)ccc1O. The first kappa shape index (κ1) is 8.36. The standard InChI is InChI=1S/C8H8N2O4/c11-5-1-2-6(12)9(5)10-7(13)3-4-8(10)14/h1-4,11-14H. The molecule has 0 aliphatic heterocycles. The summed E-state index contributed by atoms with van der Waals surface area (Å²) in [5.41, 5.74) is 0. The first-order chi connectivity index (χ1) is 6.61. The molecule has 0 saturated carbocycles. The predicted molar refractivity (Wildman–Crippen MR) is 46.3 cm³/mol. The van der Waals surface area contributed by atoms with Crippen LogP contribution in [0.25, 0.3) is 0 Å². The van der Waals surface area contributed by atoms with Crippen molar-refractivity contribution in [1.82, 2.24) is 9.35 Å². The van der Waals surface area contributed by atoms with Crippen molar-refractivity contribution >= 4 is 0 Å². The van der Waals surface area contributed by atoms with Gasteiger partial charge in [0, 0.05) is 24.3 Å². The van der Waals surface area contributed by atoms with E-state index in [1.807, 2.05) is 0 Å². The van der Waals surface area contributed by atoms with Crippen LogP contribution in [-0.2, 0) is 0 Å². The lowest BCUT2D eigenvalue weighted by Gasteiger charge is -2.09. The lowest BCUT2D eigenvalue weighted by molar-refractivity contribution is 0.299. The molecular formula is C8H8N2O4. The molecule has 2 aromatic heterocycles. The van der Waals surface area contributed by atoms with Crippen LogP contribution in [0, 0.1) is 0 Å². The number of hydrogen-bond donors (Lipinski definition) is 4. The molecule has 4 N–H and O–H groups in total. The molecule has 74 valence electrons. The fourth-order valence-corrected chi connectivity index (χ4v) is 1.23. The molecule has 0 aliphatic carbocycles. The topological polar surface area (TPSA) is 90.8 Å². The van der Waals surface area contributed by atoms with Crippen molar-refractivity contribution in [3.8, 4) is 23.5 Å². The van der Waals surface area contributed by atoms with Crippen LogP contribution in [0.15, 0.2) is 24.3 Å². The maximum Gasteiger partial charge on any atom is 0.214 e. The molecule has 0 saturated heterocycles. The van der Waals surface area contributed by atoms with Gasteiger partial charge in [-0.05, 0) is 0 Å². The number of aromatic hydroxyl groups is 4. The molecule has 0 radical (unpaired) electrons. The zero-order valence-corrected chi connectivity index (χ0v) is 6.99. The summed E-state index contributed by atoms with van der Waals surface area (Å²) >= 11 is 0. The van der Waals surface area contributed by atoms with Gasteiger partial charge in [-0.3, -0.25) is 0 Å². The lowest BCUT2D eigenvalue weighted by atomic mass is 10.6. The fourth-order valence-electron chi connectivity index (χ4n) is 1.23. The van der Waals surface area contributed by atoms with Gasteiger partial charge in [-0.1, -0.05) is 0 Å². The van der Waals surface area contributed by atoms with Crippen molar-refractivity contribution in [1.29, 1.82) is 0 Å². The van der Waals surface area contributed by atoms with Crippen LogP contribution < -0.4 is 0 Å². The van der Waals surface area contributed by atoms with Crippen LogP contribution in [0.3, 0.4) is 0 Å². The Morgan fingerprint density at radius 2 is 0.786 bits per heavy atom. The third-order valence-corrected chi connectivity index (χ3v) is 1.83. The number of aromatic nitrogens is 2. The van der Waals surface area contributed by atoms with Gasteiger partial charge in [0.1, 0.15) is 0 Å². The average Bonchev–Trinajstić information content (AvgIpc) is 2.60. The van der Waals surface area contributed by atoms with E-state index in [1.165, 1.54) is 24.3 Å². The van der Waals surface area contributed by atoms with Gasteiger partial charge in [0.05, 0.1) is 0 Å². The Morgan fingerprint density at radius 1 is 0.571 bits per heavy atom. The number of nitrogens with zero attached hydrogens (tertiary/aromatic N) is 2. The van der Waals surface area contributed by atoms with Gasteiger partial charge in [0.15, 0.2) is 0 Å². The summed E-state index contributed by atoms with van der Waals surface area (Å²) in [7, 11) is 0. The maximum absolute atomic E-state index is 9.31. The minimum Gasteiger partial charge on any atom is -0.493 e. The zero-order chi connectivity index (χ0) is 10.3. The van der Waals surface area contributed by atoms with E-state index in [2.05, 4.69) is 0 Å². The molecule has 0 amide bonds. The van der Waals surface area contributed by atoms with Crippen molar-refractivity contribution in [3.63, 3.8) is 0 Å². The van der Waals surface area contributed by atoms with Gasteiger partial charge in [-0.15, -0.1) is 0 Å². The fraction of sp³-hybridized carbons (Fsp3) is 0. The number of hydrogen-bond acceptors (Lipinski definition) is 4. The first-order valence-corrected chi connectivity index (χ1v) is 3.81. The Bertz CT molecular complexity index is 388. The molecule has 0 aliphatic rings. The minimum atomic E-state index is -0.302. The molecule has 14 heavy (non-hydrogen) atoms. The maximum atomic E-state index is 9.31. The second-order valence-electron chi connectivity index (χ2n) is 2.72. The van der Waals surface area contributed by atoms with E-state index >= 15 is 0 Å². The highest BCUT2D eigenvalue weighted by Crippen LogP contribution is 2.29. The molecule has 0 bridgehead atoms. The zero-order valence-electron chi connectivity index (χ0n) is 6.99. The summed E-state index contributed by atoms with van der Waals surface area (Å²) in [5.74, 6) is -1.21. The van der Waals surface area contributed by atoms with Gasteiger partial charge < -0.3 is 20.4 Å². The molecule has 6 nitrogen and oxygen atoms in total. The van der Waals surface area contributed by atoms with Crippen LogP contribution >= 0.6 is 0 Å². The molecule has 2 rings (SSSR count). The van der Waals surface area contributed by atoms with E-state index in [0.29, 0.717) is 0 Å². The van der Waals surface area contributed by atoms with Crippen LogP contribution in [0.5, 0.6) is 23.5 Å². The molecule has 0 fully saturated rings. The highest BCUT2D eigenvalue weighted by atomic mass is 16.3. The quantitative estimate of drug-likeness (QED) is 0.532. The van der Waals surface area contributed by atoms with E-state index in [4.69, 9.17) is 0 Å². The molecule has 0 spiro atoms. The van der Waals surface area contributed by atoms with Crippen LogP contribution in [-0.4, -0.2) is 29.8 Å². The number of rotatable bonds is 1. The molecular weight excluding hydrogens is 188 g/mol. The Hall–Kier alpha value is -2.24. The third kappa shape index (κ3) is 0.972. The van der Waals surface area contributed by atoms with Gasteiger partial charge >= 0.3 is 0 Å². The van der Waals surface area contributed by atoms with Crippen LogP contribution in [0.1, 0.15) is 0 Å². The van der Waals surface area contributed by atoms with E-state index in [9.17, 15) is 20.4 Å². The molecule has 0 unspecified atom stereocenters. The van der Waals surface area contributed by atoms with Crippen LogP contribution in [0.2, 0.25) is 0 Å². The van der Waals surface area contributed by atoms with E-state index in [1.54, 1.807) is 0 Å².